The normalized spacial score (nSPS) is 11.2. The molecule has 0 aliphatic heterocycles. The highest BCUT2D eigenvalue weighted by molar-refractivity contribution is 6.33. The van der Waals surface area contributed by atoms with E-state index in [2.05, 4.69) is 4.99 Å². The fourth-order valence-electron chi connectivity index (χ4n) is 1.09. The second-order valence-electron chi connectivity index (χ2n) is 3.05. The Morgan fingerprint density at radius 2 is 2.12 bits per heavy atom. The van der Waals surface area contributed by atoms with Crippen LogP contribution in [0.25, 0.3) is 0 Å². The van der Waals surface area contributed by atoms with E-state index < -0.39 is 5.97 Å². The van der Waals surface area contributed by atoms with Gasteiger partial charge in [-0.1, -0.05) is 23.7 Å². The number of hydrogen-bond donors (Lipinski definition) is 1. The van der Waals surface area contributed by atoms with Crippen molar-refractivity contribution in [3.8, 4) is 0 Å². The third kappa shape index (κ3) is 3.90. The summed E-state index contributed by atoms with van der Waals surface area (Å²) in [6, 6.07) is 7.05. The van der Waals surface area contributed by atoms with E-state index in [0.29, 0.717) is 16.6 Å². The maximum Gasteiger partial charge on any atom is 0.303 e. The number of halogens is 1. The molecule has 0 aromatic heterocycles. The van der Waals surface area contributed by atoms with Crippen LogP contribution in [0.2, 0.25) is 5.02 Å². The topological polar surface area (TPSA) is 58.9 Å². The van der Waals surface area contributed by atoms with Crippen molar-refractivity contribution in [3.63, 3.8) is 0 Å². The largest absolute Gasteiger partial charge is 0.484 e. The van der Waals surface area contributed by atoms with Crippen LogP contribution in [-0.2, 0) is 9.53 Å². The quantitative estimate of drug-likeness (QED) is 0.651. The molecule has 86 valence electrons. The van der Waals surface area contributed by atoms with Crippen LogP contribution in [0.1, 0.15) is 12.8 Å². The van der Waals surface area contributed by atoms with Crippen molar-refractivity contribution in [2.24, 2.45) is 4.99 Å². The number of carbonyl (C=O) groups is 1. The first-order valence-electron chi connectivity index (χ1n) is 4.71. The molecule has 0 aliphatic rings. The molecular formula is C11H12ClNO3. The lowest BCUT2D eigenvalue weighted by Gasteiger charge is -2.04. The zero-order valence-electron chi connectivity index (χ0n) is 8.81. The van der Waals surface area contributed by atoms with Crippen molar-refractivity contribution in [2.75, 3.05) is 7.11 Å². The van der Waals surface area contributed by atoms with Crippen molar-refractivity contribution < 1.29 is 14.6 Å². The van der Waals surface area contributed by atoms with Crippen molar-refractivity contribution in [1.82, 2.24) is 0 Å². The Labute approximate surface area is 98.5 Å². The zero-order valence-corrected chi connectivity index (χ0v) is 9.57. The molecule has 0 bridgehead atoms. The number of nitrogens with zero attached hydrogens (tertiary/aromatic N) is 1. The molecule has 1 aromatic carbocycles. The number of rotatable bonds is 4. The van der Waals surface area contributed by atoms with Gasteiger partial charge in [0.15, 0.2) is 5.90 Å². The third-order valence-electron chi connectivity index (χ3n) is 1.89. The van der Waals surface area contributed by atoms with Crippen LogP contribution in [0.15, 0.2) is 29.3 Å². The second-order valence-corrected chi connectivity index (χ2v) is 3.46. The third-order valence-corrected chi connectivity index (χ3v) is 2.21. The molecule has 0 fully saturated rings. The maximum atomic E-state index is 10.4. The molecule has 0 amide bonds. The van der Waals surface area contributed by atoms with Crippen LogP contribution in [0.5, 0.6) is 0 Å². The highest BCUT2D eigenvalue weighted by Gasteiger charge is 2.05. The lowest BCUT2D eigenvalue weighted by Crippen LogP contribution is -2.05. The Bertz CT molecular complexity index is 404. The van der Waals surface area contributed by atoms with Gasteiger partial charge in [0.2, 0.25) is 0 Å². The second kappa shape index (κ2) is 6.12. The van der Waals surface area contributed by atoms with E-state index in [4.69, 9.17) is 21.4 Å². The zero-order chi connectivity index (χ0) is 12.0. The summed E-state index contributed by atoms with van der Waals surface area (Å²) in [6.45, 7) is 0. The molecule has 4 nitrogen and oxygen atoms in total. The van der Waals surface area contributed by atoms with Gasteiger partial charge in [0.05, 0.1) is 24.2 Å². The number of aliphatic carboxylic acids is 1. The van der Waals surface area contributed by atoms with E-state index in [1.165, 1.54) is 7.11 Å². The molecule has 5 heteroatoms. The summed E-state index contributed by atoms with van der Waals surface area (Å²) in [4.78, 5) is 14.6. The van der Waals surface area contributed by atoms with Gasteiger partial charge in [-0.2, -0.15) is 0 Å². The maximum absolute atomic E-state index is 10.4. The average molecular weight is 242 g/mol. The Hall–Kier alpha value is -1.55. The van der Waals surface area contributed by atoms with Crippen LogP contribution in [-0.4, -0.2) is 24.1 Å². The molecule has 1 aromatic rings. The van der Waals surface area contributed by atoms with Gasteiger partial charge in [0.25, 0.3) is 0 Å². The molecule has 0 aliphatic carbocycles. The Morgan fingerprint density at radius 1 is 1.44 bits per heavy atom. The van der Waals surface area contributed by atoms with E-state index in [-0.39, 0.29) is 12.8 Å². The van der Waals surface area contributed by atoms with Crippen LogP contribution >= 0.6 is 11.6 Å². The molecule has 0 unspecified atom stereocenters. The summed E-state index contributed by atoms with van der Waals surface area (Å²) in [5, 5.41) is 9.05. The average Bonchev–Trinajstić information content (AvgIpc) is 2.26. The number of hydrogen-bond acceptors (Lipinski definition) is 3. The van der Waals surface area contributed by atoms with Gasteiger partial charge in [-0.3, -0.25) is 4.79 Å². The first-order chi connectivity index (χ1) is 7.63. The first kappa shape index (κ1) is 12.5. The number of aliphatic imine (C=N–C) groups is 1. The van der Waals surface area contributed by atoms with E-state index in [1.54, 1.807) is 24.3 Å². The molecule has 16 heavy (non-hydrogen) atoms. The molecule has 1 N–H and O–H groups in total. The van der Waals surface area contributed by atoms with Gasteiger partial charge in [0, 0.05) is 6.42 Å². The van der Waals surface area contributed by atoms with Gasteiger partial charge in [-0.25, -0.2) is 4.99 Å². The molecule has 1 rings (SSSR count). The minimum absolute atomic E-state index is 0.0167. The summed E-state index contributed by atoms with van der Waals surface area (Å²) >= 11 is 5.91. The van der Waals surface area contributed by atoms with Crippen LogP contribution in [0.4, 0.5) is 5.69 Å². The standard InChI is InChI=1S/C11H12ClNO3/c1-16-10(6-7-11(14)15)13-9-5-3-2-4-8(9)12/h2-5H,6-7H2,1H3,(H,14,15). The summed E-state index contributed by atoms with van der Waals surface area (Å²) in [7, 11) is 1.46. The van der Waals surface area contributed by atoms with Crippen molar-refractivity contribution in [2.45, 2.75) is 12.8 Å². The summed E-state index contributed by atoms with van der Waals surface area (Å²) in [5.41, 5.74) is 0.575. The number of carboxylic acids is 1. The van der Waals surface area contributed by atoms with Gasteiger partial charge in [-0.15, -0.1) is 0 Å². The van der Waals surface area contributed by atoms with Gasteiger partial charge in [0.1, 0.15) is 0 Å². The van der Waals surface area contributed by atoms with Gasteiger partial charge >= 0.3 is 5.97 Å². The van der Waals surface area contributed by atoms with Crippen molar-refractivity contribution in [1.29, 1.82) is 0 Å². The molecule has 0 saturated carbocycles. The first-order valence-corrected chi connectivity index (χ1v) is 5.09. The number of benzene rings is 1. The fraction of sp³-hybridized carbons (Fsp3) is 0.273. The van der Waals surface area contributed by atoms with E-state index in [0.717, 1.165) is 0 Å². The van der Waals surface area contributed by atoms with Crippen molar-refractivity contribution in [3.05, 3.63) is 29.3 Å². The smallest absolute Gasteiger partial charge is 0.303 e. The Morgan fingerprint density at radius 3 is 2.69 bits per heavy atom. The van der Waals surface area contributed by atoms with Crippen LogP contribution in [0, 0.1) is 0 Å². The van der Waals surface area contributed by atoms with Crippen LogP contribution < -0.4 is 0 Å². The molecule has 0 heterocycles. The summed E-state index contributed by atoms with van der Waals surface area (Å²) in [5.74, 6) is -0.528. The number of para-hydroxylation sites is 1. The van der Waals surface area contributed by atoms with Gasteiger partial charge < -0.3 is 9.84 Å². The molecule has 0 radical (unpaired) electrons. The Balaban J connectivity index is 2.79. The minimum Gasteiger partial charge on any atom is -0.484 e. The van der Waals surface area contributed by atoms with Gasteiger partial charge in [-0.05, 0) is 12.1 Å². The van der Waals surface area contributed by atoms with E-state index in [9.17, 15) is 4.79 Å². The predicted molar refractivity (Wildman–Crippen MR) is 62.4 cm³/mol. The molecule has 0 saturated heterocycles. The summed E-state index contributed by atoms with van der Waals surface area (Å²) < 4.78 is 4.99. The molecule has 0 atom stereocenters. The number of carboxylic acid groups (broad SMARTS) is 1. The van der Waals surface area contributed by atoms with Crippen molar-refractivity contribution >= 4 is 29.2 Å². The van der Waals surface area contributed by atoms with E-state index >= 15 is 0 Å². The minimum atomic E-state index is -0.885. The summed E-state index contributed by atoms with van der Waals surface area (Å²) in [6.07, 6.45) is 0.230. The van der Waals surface area contributed by atoms with E-state index in [1.807, 2.05) is 0 Å². The lowest BCUT2D eigenvalue weighted by atomic mass is 10.3. The monoisotopic (exact) mass is 241 g/mol. The number of ether oxygens (including phenoxy) is 1. The predicted octanol–water partition coefficient (Wildman–Crippen LogP) is 2.88. The Kier molecular flexibility index (Phi) is 4.79. The number of methoxy groups -OCH3 is 1. The highest BCUT2D eigenvalue weighted by atomic mass is 35.5. The molecular weight excluding hydrogens is 230 g/mol. The molecule has 0 spiro atoms. The lowest BCUT2D eigenvalue weighted by molar-refractivity contribution is -0.136. The van der Waals surface area contributed by atoms with Crippen LogP contribution in [0.3, 0.4) is 0 Å². The fourth-order valence-corrected chi connectivity index (χ4v) is 1.27. The highest BCUT2D eigenvalue weighted by Crippen LogP contribution is 2.24. The SMILES string of the molecule is COC(CCC(=O)O)=Nc1ccccc1Cl.